The number of ether oxygens (including phenoxy) is 1. The lowest BCUT2D eigenvalue weighted by molar-refractivity contribution is -0.141. The fourth-order valence-electron chi connectivity index (χ4n) is 2.90. The number of nitrogens with zero attached hydrogens (tertiary/aromatic N) is 1. The van der Waals surface area contributed by atoms with E-state index in [1.54, 1.807) is 11.8 Å². The summed E-state index contributed by atoms with van der Waals surface area (Å²) >= 11 is 0. The third-order valence-corrected chi connectivity index (χ3v) is 4.26. The van der Waals surface area contributed by atoms with Crippen molar-refractivity contribution in [2.75, 3.05) is 20.2 Å². The SMILES string of the molecule is COC(=O)CC(C)NC(=O)C1CCCN(C(=O)c2ccc(F)cc2)C1. The van der Waals surface area contributed by atoms with Crippen molar-refractivity contribution in [3.63, 3.8) is 0 Å². The van der Waals surface area contributed by atoms with Crippen molar-refractivity contribution in [1.82, 2.24) is 10.2 Å². The van der Waals surface area contributed by atoms with Crippen LogP contribution in [-0.4, -0.2) is 48.9 Å². The lowest BCUT2D eigenvalue weighted by Gasteiger charge is -2.32. The van der Waals surface area contributed by atoms with Gasteiger partial charge in [-0.15, -0.1) is 0 Å². The van der Waals surface area contributed by atoms with Crippen LogP contribution in [0.1, 0.15) is 36.5 Å². The first kappa shape index (κ1) is 18.9. The van der Waals surface area contributed by atoms with Gasteiger partial charge in [0.15, 0.2) is 0 Å². The maximum atomic E-state index is 13.0. The number of hydrogen-bond acceptors (Lipinski definition) is 4. The summed E-state index contributed by atoms with van der Waals surface area (Å²) in [6.07, 6.45) is 1.51. The highest BCUT2D eigenvalue weighted by atomic mass is 19.1. The molecule has 1 heterocycles. The second-order valence-electron chi connectivity index (χ2n) is 6.29. The van der Waals surface area contributed by atoms with E-state index in [1.807, 2.05) is 0 Å². The summed E-state index contributed by atoms with van der Waals surface area (Å²) in [5.74, 6) is -1.48. The molecular formula is C18H23FN2O4. The van der Waals surface area contributed by atoms with Crippen molar-refractivity contribution in [3.8, 4) is 0 Å². The topological polar surface area (TPSA) is 75.7 Å². The van der Waals surface area contributed by atoms with E-state index in [4.69, 9.17) is 0 Å². The summed E-state index contributed by atoms with van der Waals surface area (Å²) in [6.45, 7) is 2.61. The molecule has 6 nitrogen and oxygen atoms in total. The third-order valence-electron chi connectivity index (χ3n) is 4.26. The summed E-state index contributed by atoms with van der Waals surface area (Å²) in [6, 6.07) is 5.05. The Labute approximate surface area is 146 Å². The number of hydrogen-bond donors (Lipinski definition) is 1. The Hall–Kier alpha value is -2.44. The van der Waals surface area contributed by atoms with E-state index >= 15 is 0 Å². The van der Waals surface area contributed by atoms with Gasteiger partial charge in [0.05, 0.1) is 19.4 Å². The standard InChI is InChI=1S/C18H23FN2O4/c1-12(10-16(22)25-2)20-17(23)14-4-3-9-21(11-14)18(24)13-5-7-15(19)8-6-13/h5-8,12,14H,3-4,9-11H2,1-2H3,(H,20,23). The minimum absolute atomic E-state index is 0.104. The van der Waals surface area contributed by atoms with Gasteiger partial charge in [-0.3, -0.25) is 14.4 Å². The summed E-state index contributed by atoms with van der Waals surface area (Å²) < 4.78 is 17.6. The van der Waals surface area contributed by atoms with Gasteiger partial charge in [0.2, 0.25) is 5.91 Å². The van der Waals surface area contributed by atoms with Crippen LogP contribution in [0.3, 0.4) is 0 Å². The van der Waals surface area contributed by atoms with Gasteiger partial charge in [0.1, 0.15) is 5.82 Å². The number of likely N-dealkylation sites (tertiary alicyclic amines) is 1. The van der Waals surface area contributed by atoms with Gasteiger partial charge in [0, 0.05) is 24.7 Å². The Morgan fingerprint density at radius 3 is 2.64 bits per heavy atom. The Bertz CT molecular complexity index is 632. The zero-order valence-electron chi connectivity index (χ0n) is 14.5. The van der Waals surface area contributed by atoms with E-state index in [2.05, 4.69) is 10.1 Å². The highest BCUT2D eigenvalue weighted by Crippen LogP contribution is 2.19. The number of piperidine rings is 1. The number of nitrogens with one attached hydrogen (secondary N) is 1. The van der Waals surface area contributed by atoms with E-state index in [9.17, 15) is 18.8 Å². The molecule has 0 spiro atoms. The van der Waals surface area contributed by atoms with Crippen LogP contribution in [0.2, 0.25) is 0 Å². The quantitative estimate of drug-likeness (QED) is 0.821. The fourth-order valence-corrected chi connectivity index (χ4v) is 2.90. The monoisotopic (exact) mass is 350 g/mol. The fraction of sp³-hybridized carbons (Fsp3) is 0.500. The third kappa shape index (κ3) is 5.27. The average molecular weight is 350 g/mol. The zero-order valence-corrected chi connectivity index (χ0v) is 14.5. The molecular weight excluding hydrogens is 327 g/mol. The maximum absolute atomic E-state index is 13.0. The second-order valence-corrected chi connectivity index (χ2v) is 6.29. The molecule has 0 radical (unpaired) electrons. The van der Waals surface area contributed by atoms with Crippen LogP contribution < -0.4 is 5.32 Å². The molecule has 7 heteroatoms. The van der Waals surface area contributed by atoms with Crippen LogP contribution in [0.25, 0.3) is 0 Å². The highest BCUT2D eigenvalue weighted by Gasteiger charge is 2.29. The molecule has 1 saturated heterocycles. The predicted octanol–water partition coefficient (Wildman–Crippen LogP) is 1.75. The summed E-state index contributed by atoms with van der Waals surface area (Å²) in [4.78, 5) is 37.7. The Kier molecular flexibility index (Phi) is 6.50. The van der Waals surface area contributed by atoms with Crippen molar-refractivity contribution in [2.45, 2.75) is 32.2 Å². The van der Waals surface area contributed by atoms with E-state index in [1.165, 1.54) is 31.4 Å². The van der Waals surface area contributed by atoms with Crippen molar-refractivity contribution in [3.05, 3.63) is 35.6 Å². The molecule has 0 aromatic heterocycles. The average Bonchev–Trinajstić information content (AvgIpc) is 2.61. The van der Waals surface area contributed by atoms with Crippen LogP contribution in [0.15, 0.2) is 24.3 Å². The molecule has 1 fully saturated rings. The summed E-state index contributed by atoms with van der Waals surface area (Å²) in [7, 11) is 1.30. The number of halogens is 1. The molecule has 2 unspecified atom stereocenters. The minimum atomic E-state index is -0.396. The van der Waals surface area contributed by atoms with Gasteiger partial charge in [-0.25, -0.2) is 4.39 Å². The largest absolute Gasteiger partial charge is 0.469 e. The van der Waals surface area contributed by atoms with Crippen LogP contribution in [0.5, 0.6) is 0 Å². The molecule has 136 valence electrons. The molecule has 1 aliphatic heterocycles. The molecule has 0 saturated carbocycles. The van der Waals surface area contributed by atoms with Crippen LogP contribution >= 0.6 is 0 Å². The van der Waals surface area contributed by atoms with Gasteiger partial charge in [-0.1, -0.05) is 0 Å². The number of rotatable bonds is 5. The molecule has 2 rings (SSSR count). The molecule has 1 N–H and O–H groups in total. The highest BCUT2D eigenvalue weighted by molar-refractivity contribution is 5.94. The van der Waals surface area contributed by atoms with Crippen molar-refractivity contribution >= 4 is 17.8 Å². The van der Waals surface area contributed by atoms with Crippen molar-refractivity contribution < 1.29 is 23.5 Å². The Morgan fingerprint density at radius 2 is 2.00 bits per heavy atom. The molecule has 2 atom stereocenters. The van der Waals surface area contributed by atoms with Crippen LogP contribution in [-0.2, 0) is 14.3 Å². The lowest BCUT2D eigenvalue weighted by atomic mass is 9.96. The number of carbonyl (C=O) groups is 3. The van der Waals surface area contributed by atoms with E-state index in [-0.39, 0.29) is 36.2 Å². The summed E-state index contributed by atoms with van der Waals surface area (Å²) in [5, 5.41) is 2.79. The van der Waals surface area contributed by atoms with Crippen molar-refractivity contribution in [1.29, 1.82) is 0 Å². The molecule has 1 aromatic rings. The molecule has 1 aromatic carbocycles. The van der Waals surface area contributed by atoms with E-state index in [0.717, 1.165) is 6.42 Å². The number of esters is 1. The molecule has 2 amide bonds. The minimum Gasteiger partial charge on any atom is -0.469 e. The van der Waals surface area contributed by atoms with E-state index in [0.29, 0.717) is 25.1 Å². The normalized spacial score (nSPS) is 18.4. The Morgan fingerprint density at radius 1 is 1.32 bits per heavy atom. The van der Waals surface area contributed by atoms with Gasteiger partial charge >= 0.3 is 5.97 Å². The molecule has 1 aliphatic rings. The number of carbonyl (C=O) groups excluding carboxylic acids is 3. The number of amides is 2. The number of benzene rings is 1. The molecule has 0 bridgehead atoms. The zero-order chi connectivity index (χ0) is 18.4. The van der Waals surface area contributed by atoms with Gasteiger partial charge < -0.3 is 15.0 Å². The lowest BCUT2D eigenvalue weighted by Crippen LogP contribution is -2.47. The Balaban J connectivity index is 1.93. The van der Waals surface area contributed by atoms with E-state index < -0.39 is 5.82 Å². The predicted molar refractivity (Wildman–Crippen MR) is 89.3 cm³/mol. The maximum Gasteiger partial charge on any atom is 0.307 e. The van der Waals surface area contributed by atoms with Crippen LogP contribution in [0.4, 0.5) is 4.39 Å². The first-order valence-corrected chi connectivity index (χ1v) is 8.32. The molecule has 25 heavy (non-hydrogen) atoms. The smallest absolute Gasteiger partial charge is 0.307 e. The molecule has 0 aliphatic carbocycles. The van der Waals surface area contributed by atoms with Crippen molar-refractivity contribution in [2.24, 2.45) is 5.92 Å². The first-order valence-electron chi connectivity index (χ1n) is 8.32. The van der Waals surface area contributed by atoms with Gasteiger partial charge in [-0.2, -0.15) is 0 Å². The van der Waals surface area contributed by atoms with Crippen LogP contribution in [0, 0.1) is 11.7 Å². The number of methoxy groups -OCH3 is 1. The summed E-state index contributed by atoms with van der Waals surface area (Å²) in [5.41, 5.74) is 0.404. The van der Waals surface area contributed by atoms with Gasteiger partial charge in [-0.05, 0) is 44.0 Å². The second kappa shape index (κ2) is 8.60. The first-order chi connectivity index (χ1) is 11.9. The van der Waals surface area contributed by atoms with Gasteiger partial charge in [0.25, 0.3) is 5.91 Å².